The van der Waals surface area contributed by atoms with Crippen LogP contribution in [0.25, 0.3) is 11.0 Å². The minimum absolute atomic E-state index is 0.0343. The molecule has 0 radical (unpaired) electrons. The van der Waals surface area contributed by atoms with E-state index in [2.05, 4.69) is 4.98 Å². The number of alkyl halides is 3. The quantitative estimate of drug-likeness (QED) is 0.845. The first-order valence-corrected chi connectivity index (χ1v) is 7.30. The molecule has 1 N–H and O–H groups in total. The second kappa shape index (κ2) is 6.58. The van der Waals surface area contributed by atoms with Gasteiger partial charge in [0, 0.05) is 12.6 Å². The molecule has 0 aliphatic carbocycles. The van der Waals surface area contributed by atoms with E-state index in [-0.39, 0.29) is 23.6 Å². The van der Waals surface area contributed by atoms with Crippen molar-refractivity contribution in [3.8, 4) is 5.75 Å². The Morgan fingerprint density at radius 3 is 2.54 bits per heavy atom. The van der Waals surface area contributed by atoms with Gasteiger partial charge in [-0.25, -0.2) is 4.79 Å². The molecule has 0 aliphatic heterocycles. The fourth-order valence-electron chi connectivity index (χ4n) is 2.38. The molecule has 9 heteroatoms. The molecule has 0 aromatic carbocycles. The number of nitrogens with one attached hydrogen (secondary N) is 1. The Labute approximate surface area is 135 Å². The molecular formula is C15H17F3N2O4. The average Bonchev–Trinajstić information content (AvgIpc) is 2.75. The van der Waals surface area contributed by atoms with Gasteiger partial charge in [-0.15, -0.1) is 0 Å². The van der Waals surface area contributed by atoms with Crippen LogP contribution in [0.2, 0.25) is 0 Å². The molecule has 0 bridgehead atoms. The maximum absolute atomic E-state index is 12.5. The fourth-order valence-corrected chi connectivity index (χ4v) is 2.38. The van der Waals surface area contributed by atoms with Crippen LogP contribution in [-0.2, 0) is 18.2 Å². The van der Waals surface area contributed by atoms with Crippen molar-refractivity contribution in [1.82, 2.24) is 9.55 Å². The minimum Gasteiger partial charge on any atom is -0.479 e. The standard InChI is InChI=1S/C15H17F3N2O4/c1-4-8-6-9-10(19-13(8)21)12(24-7-15(16,17)18)11(20(9)3)14(22)23-5-2/h6H,4-5,7H2,1-3H3,(H,19,21). The van der Waals surface area contributed by atoms with Crippen LogP contribution < -0.4 is 10.3 Å². The topological polar surface area (TPSA) is 73.3 Å². The van der Waals surface area contributed by atoms with Crippen LogP contribution in [0.15, 0.2) is 10.9 Å². The Morgan fingerprint density at radius 2 is 2.00 bits per heavy atom. The molecule has 0 unspecified atom stereocenters. The van der Waals surface area contributed by atoms with Gasteiger partial charge in [-0.2, -0.15) is 13.2 Å². The summed E-state index contributed by atoms with van der Waals surface area (Å²) in [6, 6.07) is 1.53. The van der Waals surface area contributed by atoms with Gasteiger partial charge in [0.1, 0.15) is 5.52 Å². The van der Waals surface area contributed by atoms with Gasteiger partial charge in [-0.1, -0.05) is 6.92 Å². The summed E-state index contributed by atoms with van der Waals surface area (Å²) in [5, 5.41) is 0. The van der Waals surface area contributed by atoms with Crippen molar-refractivity contribution in [2.24, 2.45) is 7.05 Å². The number of carbonyl (C=O) groups excluding carboxylic acids is 1. The van der Waals surface area contributed by atoms with Crippen LogP contribution in [-0.4, -0.2) is 34.9 Å². The maximum atomic E-state index is 12.5. The lowest BCUT2D eigenvalue weighted by Gasteiger charge is -2.10. The van der Waals surface area contributed by atoms with E-state index in [1.165, 1.54) is 17.7 Å². The average molecular weight is 346 g/mol. The number of carbonyl (C=O) groups is 1. The number of nitrogens with zero attached hydrogens (tertiary/aromatic N) is 1. The first-order valence-electron chi connectivity index (χ1n) is 7.30. The second-order valence-electron chi connectivity index (χ2n) is 5.10. The molecule has 0 atom stereocenters. The highest BCUT2D eigenvalue weighted by Crippen LogP contribution is 2.32. The zero-order valence-corrected chi connectivity index (χ0v) is 13.4. The van der Waals surface area contributed by atoms with Gasteiger partial charge in [0.05, 0.1) is 12.1 Å². The molecule has 0 aliphatic rings. The molecule has 0 saturated carbocycles. The molecule has 132 valence electrons. The van der Waals surface area contributed by atoms with Crippen molar-refractivity contribution in [3.63, 3.8) is 0 Å². The van der Waals surface area contributed by atoms with Gasteiger partial charge in [0.2, 0.25) is 0 Å². The Bertz CT molecular complexity index is 821. The predicted octanol–water partition coefficient (Wildman–Crippen LogP) is 2.55. The Kier molecular flexibility index (Phi) is 4.91. The molecular weight excluding hydrogens is 329 g/mol. The number of aryl methyl sites for hydroxylation is 2. The summed E-state index contributed by atoms with van der Waals surface area (Å²) in [4.78, 5) is 26.6. The summed E-state index contributed by atoms with van der Waals surface area (Å²) in [5.41, 5.74) is 0.238. The number of esters is 1. The van der Waals surface area contributed by atoms with Crippen LogP contribution in [0.5, 0.6) is 5.75 Å². The number of halogens is 3. The van der Waals surface area contributed by atoms with Crippen LogP contribution in [0.1, 0.15) is 29.9 Å². The first kappa shape index (κ1) is 17.9. The molecule has 2 aromatic heterocycles. The van der Waals surface area contributed by atoms with Crippen molar-refractivity contribution < 1.29 is 27.4 Å². The van der Waals surface area contributed by atoms with E-state index < -0.39 is 24.3 Å². The maximum Gasteiger partial charge on any atom is 0.422 e. The highest BCUT2D eigenvalue weighted by atomic mass is 19.4. The summed E-state index contributed by atoms with van der Waals surface area (Å²) < 4.78 is 48.6. The van der Waals surface area contributed by atoms with Crippen LogP contribution >= 0.6 is 0 Å². The van der Waals surface area contributed by atoms with Gasteiger partial charge >= 0.3 is 12.1 Å². The van der Waals surface area contributed by atoms with Gasteiger partial charge in [-0.3, -0.25) is 4.79 Å². The summed E-state index contributed by atoms with van der Waals surface area (Å²) in [6.07, 6.45) is -4.15. The molecule has 0 saturated heterocycles. The van der Waals surface area contributed by atoms with Crippen molar-refractivity contribution in [2.75, 3.05) is 13.2 Å². The third-order valence-corrected chi connectivity index (χ3v) is 3.47. The molecule has 0 amide bonds. The number of aromatic amines is 1. The van der Waals surface area contributed by atoms with Crippen LogP contribution in [0, 0.1) is 0 Å². The predicted molar refractivity (Wildman–Crippen MR) is 80.4 cm³/mol. The van der Waals surface area contributed by atoms with E-state index in [9.17, 15) is 22.8 Å². The zero-order valence-electron chi connectivity index (χ0n) is 13.4. The SMILES string of the molecule is CCOC(=O)c1c(OCC(F)(F)F)c2[nH]c(=O)c(CC)cc2n1C. The van der Waals surface area contributed by atoms with Crippen LogP contribution in [0.3, 0.4) is 0 Å². The molecule has 0 fully saturated rings. The summed E-state index contributed by atoms with van der Waals surface area (Å²) >= 11 is 0. The molecule has 0 spiro atoms. The number of hydrogen-bond donors (Lipinski definition) is 1. The number of pyridine rings is 1. The van der Waals surface area contributed by atoms with E-state index in [1.54, 1.807) is 13.8 Å². The minimum atomic E-state index is -4.59. The molecule has 2 aromatic rings. The number of ether oxygens (including phenoxy) is 2. The molecule has 24 heavy (non-hydrogen) atoms. The van der Waals surface area contributed by atoms with Crippen molar-refractivity contribution in [1.29, 1.82) is 0 Å². The largest absolute Gasteiger partial charge is 0.479 e. The van der Waals surface area contributed by atoms with E-state index >= 15 is 0 Å². The monoisotopic (exact) mass is 346 g/mol. The lowest BCUT2D eigenvalue weighted by molar-refractivity contribution is -0.153. The number of H-pyrrole nitrogens is 1. The van der Waals surface area contributed by atoms with Gasteiger partial charge in [-0.05, 0) is 19.4 Å². The number of hydrogen-bond acceptors (Lipinski definition) is 4. The Hall–Kier alpha value is -2.45. The summed E-state index contributed by atoms with van der Waals surface area (Å²) in [7, 11) is 1.49. The lowest BCUT2D eigenvalue weighted by atomic mass is 10.2. The molecule has 2 rings (SSSR count). The molecule has 2 heterocycles. The first-order chi connectivity index (χ1) is 11.2. The normalized spacial score (nSPS) is 11.8. The van der Waals surface area contributed by atoms with Crippen molar-refractivity contribution >= 4 is 17.0 Å². The van der Waals surface area contributed by atoms with Crippen molar-refractivity contribution in [2.45, 2.75) is 26.4 Å². The Morgan fingerprint density at radius 1 is 1.33 bits per heavy atom. The zero-order chi connectivity index (χ0) is 18.1. The van der Waals surface area contributed by atoms with E-state index in [0.29, 0.717) is 17.5 Å². The highest BCUT2D eigenvalue weighted by Gasteiger charge is 2.32. The Balaban J connectivity index is 2.69. The van der Waals surface area contributed by atoms with Gasteiger partial charge in [0.25, 0.3) is 5.56 Å². The van der Waals surface area contributed by atoms with Crippen molar-refractivity contribution in [3.05, 3.63) is 27.7 Å². The highest BCUT2D eigenvalue weighted by molar-refractivity contribution is 6.00. The smallest absolute Gasteiger partial charge is 0.422 e. The fraction of sp³-hybridized carbons (Fsp3) is 0.467. The summed E-state index contributed by atoms with van der Waals surface area (Å²) in [6.45, 7) is 1.81. The van der Waals surface area contributed by atoms with Crippen LogP contribution in [0.4, 0.5) is 13.2 Å². The van der Waals surface area contributed by atoms with E-state index in [0.717, 1.165) is 0 Å². The van der Waals surface area contributed by atoms with E-state index in [1.807, 2.05) is 0 Å². The number of aromatic nitrogens is 2. The number of rotatable bonds is 5. The second-order valence-corrected chi connectivity index (χ2v) is 5.10. The summed E-state index contributed by atoms with van der Waals surface area (Å²) in [5.74, 6) is -1.17. The number of fused-ring (bicyclic) bond motifs is 1. The third-order valence-electron chi connectivity index (χ3n) is 3.47. The third kappa shape index (κ3) is 3.39. The lowest BCUT2D eigenvalue weighted by Crippen LogP contribution is -2.21. The van der Waals surface area contributed by atoms with E-state index in [4.69, 9.17) is 9.47 Å². The molecule has 6 nitrogen and oxygen atoms in total. The van der Waals surface area contributed by atoms with Gasteiger partial charge in [0.15, 0.2) is 18.1 Å². The van der Waals surface area contributed by atoms with Gasteiger partial charge < -0.3 is 19.0 Å².